The number of ether oxygens (including phenoxy) is 3. The summed E-state index contributed by atoms with van der Waals surface area (Å²) in [5, 5.41) is 0. The Balaban J connectivity index is 2.17. The van der Waals surface area contributed by atoms with Crippen LogP contribution < -0.4 is 5.73 Å². The first kappa shape index (κ1) is 25.9. The Hall–Kier alpha value is -2.15. The van der Waals surface area contributed by atoms with Crippen molar-refractivity contribution in [2.45, 2.75) is 84.1 Å². The van der Waals surface area contributed by atoms with Crippen LogP contribution in [0.1, 0.15) is 78.1 Å². The number of ketones is 2. The Morgan fingerprint density at radius 1 is 0.867 bits per heavy atom. The molecule has 1 aliphatic rings. The third-order valence-corrected chi connectivity index (χ3v) is 5.40. The molecule has 0 aliphatic heterocycles. The number of carbonyl (C=O) groups excluding carboxylic acids is 3. The minimum Gasteiger partial charge on any atom is -0.489 e. The van der Waals surface area contributed by atoms with Crippen LogP contribution in [0.2, 0.25) is 0 Å². The predicted octanol–water partition coefficient (Wildman–Crippen LogP) is 3.75. The van der Waals surface area contributed by atoms with Crippen LogP contribution in [0.25, 0.3) is 0 Å². The molecule has 2 N–H and O–H groups in total. The summed E-state index contributed by atoms with van der Waals surface area (Å²) in [4.78, 5) is 36.3. The maximum Gasteiger partial charge on any atom is 0.322 e. The summed E-state index contributed by atoms with van der Waals surface area (Å²) in [6.45, 7) is 3.98. The Bertz CT molecular complexity index is 665. The smallest absolute Gasteiger partial charge is 0.322 e. The SMILES string of the molecule is CCC(N)C(=O)OCCCCCCCCCCC1=C(C)C(=O)C(OC)=C(OC)C1=O. The Morgan fingerprint density at radius 3 is 1.90 bits per heavy atom. The lowest BCUT2D eigenvalue weighted by Crippen LogP contribution is -2.31. The second-order valence-electron chi connectivity index (χ2n) is 7.59. The average Bonchev–Trinajstić information content (AvgIpc) is 2.75. The molecule has 1 atom stereocenters. The number of Topliss-reactive ketones (excluding diaryl/α,β-unsaturated/α-hetero) is 2. The van der Waals surface area contributed by atoms with Gasteiger partial charge in [-0.1, -0.05) is 45.4 Å². The van der Waals surface area contributed by atoms with Crippen molar-refractivity contribution in [2.24, 2.45) is 5.73 Å². The van der Waals surface area contributed by atoms with E-state index in [0.29, 0.717) is 30.6 Å². The van der Waals surface area contributed by atoms with Gasteiger partial charge in [0.2, 0.25) is 23.1 Å². The molecule has 0 amide bonds. The van der Waals surface area contributed by atoms with E-state index in [1.165, 1.54) is 14.2 Å². The molecule has 0 heterocycles. The molecule has 0 saturated heterocycles. The van der Waals surface area contributed by atoms with Crippen LogP contribution in [0.5, 0.6) is 0 Å². The number of nitrogens with two attached hydrogens (primary N) is 1. The van der Waals surface area contributed by atoms with Crippen molar-refractivity contribution in [3.8, 4) is 0 Å². The van der Waals surface area contributed by atoms with E-state index in [-0.39, 0.29) is 29.1 Å². The second kappa shape index (κ2) is 14.0. The van der Waals surface area contributed by atoms with E-state index in [9.17, 15) is 14.4 Å². The molecular weight excluding hydrogens is 386 g/mol. The van der Waals surface area contributed by atoms with Crippen LogP contribution in [0, 0.1) is 0 Å². The van der Waals surface area contributed by atoms with E-state index in [0.717, 1.165) is 51.4 Å². The highest BCUT2D eigenvalue weighted by Crippen LogP contribution is 2.28. The van der Waals surface area contributed by atoms with Crippen molar-refractivity contribution in [1.82, 2.24) is 0 Å². The van der Waals surface area contributed by atoms with Gasteiger partial charge in [-0.05, 0) is 32.6 Å². The van der Waals surface area contributed by atoms with Crippen LogP contribution >= 0.6 is 0 Å². The molecule has 1 aliphatic carbocycles. The number of hydrogen-bond acceptors (Lipinski definition) is 7. The lowest BCUT2D eigenvalue weighted by Gasteiger charge is -2.20. The molecule has 0 saturated carbocycles. The van der Waals surface area contributed by atoms with E-state index in [2.05, 4.69) is 0 Å². The molecule has 7 nitrogen and oxygen atoms in total. The van der Waals surface area contributed by atoms with Crippen molar-refractivity contribution in [3.63, 3.8) is 0 Å². The standard InChI is InChI=1S/C23H37NO6/c1-5-18(24)23(27)30-15-13-11-9-7-6-8-10-12-14-17-16(2)19(25)21(28-3)22(29-4)20(17)26/h18H,5-15,24H2,1-4H3. The third-order valence-electron chi connectivity index (χ3n) is 5.40. The Morgan fingerprint density at radius 2 is 1.37 bits per heavy atom. The number of esters is 1. The Labute approximate surface area is 180 Å². The van der Waals surface area contributed by atoms with Gasteiger partial charge < -0.3 is 19.9 Å². The lowest BCUT2D eigenvalue weighted by molar-refractivity contribution is -0.145. The molecule has 0 radical (unpaired) electrons. The molecule has 0 aromatic carbocycles. The normalized spacial score (nSPS) is 15.5. The van der Waals surface area contributed by atoms with Gasteiger partial charge >= 0.3 is 5.97 Å². The highest BCUT2D eigenvalue weighted by Gasteiger charge is 2.34. The minimum absolute atomic E-state index is 0.00505. The molecule has 0 aromatic rings. The summed E-state index contributed by atoms with van der Waals surface area (Å²) in [6.07, 6.45) is 9.39. The first-order valence-electron chi connectivity index (χ1n) is 10.9. The van der Waals surface area contributed by atoms with Gasteiger partial charge in [-0.15, -0.1) is 0 Å². The number of carbonyl (C=O) groups is 3. The van der Waals surface area contributed by atoms with Crippen LogP contribution in [0.15, 0.2) is 22.7 Å². The summed E-state index contributed by atoms with van der Waals surface area (Å²) < 4.78 is 15.3. The fraction of sp³-hybridized carbons (Fsp3) is 0.696. The topological polar surface area (TPSA) is 105 Å². The molecule has 0 fully saturated rings. The monoisotopic (exact) mass is 423 g/mol. The van der Waals surface area contributed by atoms with Crippen LogP contribution in [-0.2, 0) is 28.6 Å². The van der Waals surface area contributed by atoms with Crippen molar-refractivity contribution < 1.29 is 28.6 Å². The van der Waals surface area contributed by atoms with E-state index in [1.54, 1.807) is 6.92 Å². The fourth-order valence-electron chi connectivity index (χ4n) is 3.40. The summed E-state index contributed by atoms with van der Waals surface area (Å²) in [6, 6.07) is -0.509. The quantitative estimate of drug-likeness (QED) is 0.243. The predicted molar refractivity (Wildman–Crippen MR) is 115 cm³/mol. The summed E-state index contributed by atoms with van der Waals surface area (Å²) in [5.74, 6) is -0.830. The third kappa shape index (κ3) is 7.59. The van der Waals surface area contributed by atoms with Gasteiger partial charge in [0.1, 0.15) is 6.04 Å². The maximum absolute atomic E-state index is 12.6. The number of methoxy groups -OCH3 is 2. The number of hydrogen-bond donors (Lipinski definition) is 1. The van der Waals surface area contributed by atoms with Crippen molar-refractivity contribution in [2.75, 3.05) is 20.8 Å². The van der Waals surface area contributed by atoms with Gasteiger partial charge in [0.05, 0.1) is 20.8 Å². The fourth-order valence-corrected chi connectivity index (χ4v) is 3.40. The van der Waals surface area contributed by atoms with Crippen LogP contribution in [0.3, 0.4) is 0 Å². The summed E-state index contributed by atoms with van der Waals surface area (Å²) in [5.41, 5.74) is 6.60. The van der Waals surface area contributed by atoms with E-state index >= 15 is 0 Å². The molecule has 7 heteroatoms. The minimum atomic E-state index is -0.509. The van der Waals surface area contributed by atoms with Gasteiger partial charge in [0.25, 0.3) is 0 Å². The number of allylic oxidation sites excluding steroid dienone is 2. The molecular formula is C23H37NO6. The number of rotatable bonds is 15. The Kier molecular flexibility index (Phi) is 12.0. The second-order valence-corrected chi connectivity index (χ2v) is 7.59. The van der Waals surface area contributed by atoms with Crippen LogP contribution in [-0.4, -0.2) is 44.4 Å². The van der Waals surface area contributed by atoms with Gasteiger partial charge in [0, 0.05) is 11.1 Å². The largest absolute Gasteiger partial charge is 0.489 e. The van der Waals surface area contributed by atoms with Crippen molar-refractivity contribution in [1.29, 1.82) is 0 Å². The zero-order chi connectivity index (χ0) is 22.5. The first-order chi connectivity index (χ1) is 14.4. The summed E-state index contributed by atoms with van der Waals surface area (Å²) >= 11 is 0. The molecule has 0 bridgehead atoms. The first-order valence-corrected chi connectivity index (χ1v) is 10.9. The van der Waals surface area contributed by atoms with Crippen molar-refractivity contribution >= 4 is 17.5 Å². The van der Waals surface area contributed by atoms with Gasteiger partial charge in [0.15, 0.2) is 0 Å². The van der Waals surface area contributed by atoms with E-state index < -0.39 is 6.04 Å². The molecule has 1 rings (SSSR count). The average molecular weight is 424 g/mol. The summed E-state index contributed by atoms with van der Waals surface area (Å²) in [7, 11) is 2.74. The van der Waals surface area contributed by atoms with Gasteiger partial charge in [-0.2, -0.15) is 0 Å². The number of unbranched alkanes of at least 4 members (excludes halogenated alkanes) is 7. The highest BCUT2D eigenvalue weighted by atomic mass is 16.5. The van der Waals surface area contributed by atoms with Gasteiger partial charge in [-0.3, -0.25) is 14.4 Å². The maximum atomic E-state index is 12.6. The highest BCUT2D eigenvalue weighted by molar-refractivity contribution is 6.23. The molecule has 1 unspecified atom stereocenters. The molecule has 170 valence electrons. The molecule has 0 aromatic heterocycles. The van der Waals surface area contributed by atoms with E-state index in [4.69, 9.17) is 19.9 Å². The van der Waals surface area contributed by atoms with Gasteiger partial charge in [-0.25, -0.2) is 0 Å². The van der Waals surface area contributed by atoms with Crippen LogP contribution in [0.4, 0.5) is 0 Å². The molecule has 30 heavy (non-hydrogen) atoms. The lowest BCUT2D eigenvalue weighted by atomic mass is 9.89. The van der Waals surface area contributed by atoms with Crippen molar-refractivity contribution in [3.05, 3.63) is 22.7 Å². The molecule has 0 spiro atoms. The zero-order valence-corrected chi connectivity index (χ0v) is 18.9. The van der Waals surface area contributed by atoms with E-state index in [1.807, 2.05) is 6.92 Å². The zero-order valence-electron chi connectivity index (χ0n) is 18.9.